The summed E-state index contributed by atoms with van der Waals surface area (Å²) in [5, 5.41) is 0. The summed E-state index contributed by atoms with van der Waals surface area (Å²) in [7, 11) is -7.41. The normalized spacial score (nSPS) is 30.5. The van der Waals surface area contributed by atoms with Gasteiger partial charge in [0.25, 0.3) is 0 Å². The Morgan fingerprint density at radius 3 is 2.57 bits per heavy atom. The number of halogens is 1. The number of aliphatic imine (C=N–C) groups is 1. The highest BCUT2D eigenvalue weighted by molar-refractivity contribution is 7.92. The molecule has 5 atom stereocenters. The van der Waals surface area contributed by atoms with Gasteiger partial charge in [0.1, 0.15) is 11.6 Å². The van der Waals surface area contributed by atoms with Crippen molar-refractivity contribution < 1.29 is 26.0 Å². The van der Waals surface area contributed by atoms with Gasteiger partial charge in [0.05, 0.1) is 28.5 Å². The second kappa shape index (κ2) is 8.71. The minimum Gasteiger partial charge on any atom is -0.299 e. The molecule has 37 heavy (non-hydrogen) atoms. The Balaban J connectivity index is 1.35. The number of carbonyl (C=O) groups excluding carboxylic acids is 1. The van der Waals surface area contributed by atoms with Gasteiger partial charge in [-0.25, -0.2) is 21.2 Å². The van der Waals surface area contributed by atoms with Crippen molar-refractivity contribution in [1.82, 2.24) is 4.90 Å². The molecule has 1 saturated heterocycles. The summed E-state index contributed by atoms with van der Waals surface area (Å²) in [5.74, 6) is -0.639. The van der Waals surface area contributed by atoms with E-state index in [1.54, 1.807) is 12.1 Å². The molecule has 4 aliphatic rings. The fourth-order valence-corrected chi connectivity index (χ4v) is 9.01. The lowest BCUT2D eigenvalue weighted by Crippen LogP contribution is -2.58. The Bertz CT molecular complexity index is 1520. The van der Waals surface area contributed by atoms with Crippen molar-refractivity contribution in [3.8, 4) is 0 Å². The van der Waals surface area contributed by atoms with E-state index in [0.717, 1.165) is 31.1 Å². The third kappa shape index (κ3) is 4.51. The summed E-state index contributed by atoms with van der Waals surface area (Å²) in [6.45, 7) is 0.934. The molecule has 11 heteroatoms. The smallest absolute Gasteiger partial charge is 0.229 e. The highest BCUT2D eigenvalue weighted by atomic mass is 32.2. The Morgan fingerprint density at radius 1 is 1.11 bits per heavy atom. The molecule has 2 aliphatic heterocycles. The second-order valence-electron chi connectivity index (χ2n) is 10.8. The van der Waals surface area contributed by atoms with Crippen molar-refractivity contribution in [1.29, 1.82) is 0 Å². The summed E-state index contributed by atoms with van der Waals surface area (Å²) in [5.41, 5.74) is 1.65. The number of rotatable bonds is 5. The summed E-state index contributed by atoms with van der Waals surface area (Å²) in [6.07, 6.45) is 4.11. The van der Waals surface area contributed by atoms with Gasteiger partial charge < -0.3 is 0 Å². The lowest BCUT2D eigenvalue weighted by Gasteiger charge is -2.46. The number of piperidine rings is 1. The summed E-state index contributed by atoms with van der Waals surface area (Å²) in [4.78, 5) is 20.7. The molecule has 6 rings (SSSR count). The van der Waals surface area contributed by atoms with Crippen molar-refractivity contribution in [2.75, 3.05) is 23.3 Å². The van der Waals surface area contributed by atoms with E-state index in [-0.39, 0.29) is 45.6 Å². The molecule has 2 aromatic carbocycles. The first kappa shape index (κ1) is 24.7. The molecule has 2 aliphatic carbocycles. The van der Waals surface area contributed by atoms with Gasteiger partial charge in [-0.05, 0) is 67.0 Å². The maximum absolute atomic E-state index is 13.8. The van der Waals surface area contributed by atoms with E-state index in [1.165, 1.54) is 30.3 Å². The van der Waals surface area contributed by atoms with E-state index in [9.17, 15) is 26.0 Å². The number of hydrogen-bond donors (Lipinski definition) is 1. The number of benzene rings is 2. The predicted molar refractivity (Wildman–Crippen MR) is 137 cm³/mol. The molecule has 2 heterocycles. The van der Waals surface area contributed by atoms with Crippen LogP contribution >= 0.6 is 0 Å². The molecule has 196 valence electrons. The number of nitrogens with one attached hydrogen (secondary N) is 1. The first-order valence-corrected chi connectivity index (χ1v) is 16.0. The van der Waals surface area contributed by atoms with Crippen LogP contribution in [-0.4, -0.2) is 57.8 Å². The zero-order valence-corrected chi connectivity index (χ0v) is 21.9. The molecule has 2 aromatic rings. The molecule has 1 N–H and O–H groups in total. The number of hydrogen-bond acceptors (Lipinski definition) is 7. The third-order valence-electron chi connectivity index (χ3n) is 8.28. The van der Waals surface area contributed by atoms with Crippen molar-refractivity contribution in [2.24, 2.45) is 28.7 Å². The first-order valence-electron chi connectivity index (χ1n) is 12.4. The highest BCUT2D eigenvalue weighted by Crippen LogP contribution is 2.54. The van der Waals surface area contributed by atoms with E-state index >= 15 is 0 Å². The predicted octanol–water partition coefficient (Wildman–Crippen LogP) is 3.17. The van der Waals surface area contributed by atoms with Gasteiger partial charge in [0.15, 0.2) is 9.84 Å². The average molecular weight is 546 g/mol. The van der Waals surface area contributed by atoms with Crippen molar-refractivity contribution in [2.45, 2.75) is 36.7 Å². The molecule has 8 nitrogen and oxygen atoms in total. The van der Waals surface area contributed by atoms with Gasteiger partial charge in [-0.15, -0.1) is 0 Å². The molecule has 0 radical (unpaired) electrons. The quantitative estimate of drug-likeness (QED) is 0.618. The van der Waals surface area contributed by atoms with E-state index in [4.69, 9.17) is 0 Å². The van der Waals surface area contributed by atoms with Gasteiger partial charge in [-0.1, -0.05) is 12.1 Å². The summed E-state index contributed by atoms with van der Waals surface area (Å²) < 4.78 is 65.6. The van der Waals surface area contributed by atoms with Crippen molar-refractivity contribution >= 4 is 42.7 Å². The maximum atomic E-state index is 13.8. The van der Waals surface area contributed by atoms with Gasteiger partial charge >= 0.3 is 0 Å². The lowest BCUT2D eigenvalue weighted by atomic mass is 9.72. The zero-order valence-electron chi connectivity index (χ0n) is 20.3. The minimum absolute atomic E-state index is 0.0471. The average Bonchev–Trinajstić information content (AvgIpc) is 3.44. The SMILES string of the molecule is CS(=O)(=O)Nc1ccc2c(c1)S(=O)(=O)CC(C1CN(Cc3ccc(F)cc3)C3C(C1=O)[C@H]1CC[C@@H]3C1)=N2. The van der Waals surface area contributed by atoms with Crippen LogP contribution in [0.15, 0.2) is 52.4 Å². The van der Waals surface area contributed by atoms with Crippen LogP contribution in [0.25, 0.3) is 0 Å². The number of sulfone groups is 1. The van der Waals surface area contributed by atoms with Crippen LogP contribution in [0.4, 0.5) is 15.8 Å². The van der Waals surface area contributed by atoms with Crippen LogP contribution in [0.3, 0.4) is 0 Å². The Labute approximate surface area is 215 Å². The van der Waals surface area contributed by atoms with E-state index in [1.807, 2.05) is 0 Å². The van der Waals surface area contributed by atoms with Crippen LogP contribution in [0.1, 0.15) is 24.8 Å². The van der Waals surface area contributed by atoms with E-state index in [2.05, 4.69) is 14.6 Å². The van der Waals surface area contributed by atoms with Gasteiger partial charge in [0, 0.05) is 36.4 Å². The van der Waals surface area contributed by atoms with Crippen LogP contribution < -0.4 is 4.72 Å². The third-order valence-corrected chi connectivity index (χ3v) is 10.6. The summed E-state index contributed by atoms with van der Waals surface area (Å²) >= 11 is 0. The fraction of sp³-hybridized carbons (Fsp3) is 0.462. The number of Topliss-reactive ketones (excluding diaryl/α,β-unsaturated/α-hetero) is 1. The van der Waals surface area contributed by atoms with Crippen LogP contribution in [0.2, 0.25) is 0 Å². The first-order chi connectivity index (χ1) is 17.5. The minimum atomic E-state index is -3.83. The fourth-order valence-electron chi connectivity index (χ4n) is 6.90. The Kier molecular flexibility index (Phi) is 5.81. The molecular formula is C26H28FN3O5S2. The number of fused-ring (bicyclic) bond motifs is 6. The van der Waals surface area contributed by atoms with Crippen LogP contribution in [-0.2, 0) is 31.2 Å². The van der Waals surface area contributed by atoms with Crippen LogP contribution in [0, 0.1) is 29.5 Å². The Hall–Kier alpha value is -2.63. The molecule has 2 bridgehead atoms. The van der Waals surface area contributed by atoms with Crippen LogP contribution in [0.5, 0.6) is 0 Å². The standard InChI is InChI=1S/C26H28FN3O5S2/c1-36(32,33)29-19-8-9-21-23(11-19)37(34,35)14-22(28-21)20-13-30(12-15-2-6-18(27)7-3-15)25-17-5-4-16(10-17)24(25)26(20)31/h2-3,6-9,11,16-17,20,24-25,29H,4-5,10,12-14H2,1H3/t16-,17+,20?,24?,25?/m0/s1. The molecule has 3 unspecified atom stereocenters. The van der Waals surface area contributed by atoms with E-state index < -0.39 is 25.8 Å². The molecule has 0 spiro atoms. The molecule has 0 aromatic heterocycles. The monoisotopic (exact) mass is 545 g/mol. The number of ketones is 1. The van der Waals surface area contributed by atoms with E-state index in [0.29, 0.717) is 30.6 Å². The zero-order chi connectivity index (χ0) is 26.1. The molecular weight excluding hydrogens is 517 g/mol. The van der Waals surface area contributed by atoms with Gasteiger partial charge in [-0.3, -0.25) is 19.4 Å². The number of anilines is 1. The molecule has 3 fully saturated rings. The molecule has 0 amide bonds. The largest absolute Gasteiger partial charge is 0.299 e. The van der Waals surface area contributed by atoms with Crippen molar-refractivity contribution in [3.63, 3.8) is 0 Å². The molecule has 2 saturated carbocycles. The number of sulfonamides is 1. The highest BCUT2D eigenvalue weighted by Gasteiger charge is 2.57. The number of likely N-dealkylation sites (tertiary alicyclic amines) is 1. The van der Waals surface area contributed by atoms with Gasteiger partial charge in [-0.2, -0.15) is 0 Å². The maximum Gasteiger partial charge on any atom is 0.229 e. The number of carbonyl (C=O) groups is 1. The summed E-state index contributed by atoms with van der Waals surface area (Å²) in [6, 6.07) is 10.7. The second-order valence-corrected chi connectivity index (χ2v) is 14.5. The van der Waals surface area contributed by atoms with Crippen molar-refractivity contribution in [3.05, 3.63) is 53.8 Å². The topological polar surface area (TPSA) is 113 Å². The van der Waals surface area contributed by atoms with Gasteiger partial charge in [0.2, 0.25) is 10.0 Å². The number of nitrogens with zero attached hydrogens (tertiary/aromatic N) is 2. The Morgan fingerprint density at radius 2 is 1.84 bits per heavy atom. The lowest BCUT2D eigenvalue weighted by molar-refractivity contribution is -0.134.